The molecule has 0 aliphatic heterocycles. The molecule has 12 heteroatoms. The third-order valence-electron chi connectivity index (χ3n) is 2.62. The lowest BCUT2D eigenvalue weighted by Gasteiger charge is -1.97. The van der Waals surface area contributed by atoms with Gasteiger partial charge in [-0.25, -0.2) is 9.78 Å². The summed E-state index contributed by atoms with van der Waals surface area (Å²) in [6.07, 6.45) is 0. The summed E-state index contributed by atoms with van der Waals surface area (Å²) >= 11 is 2.61. The van der Waals surface area contributed by atoms with Crippen molar-refractivity contribution >= 4 is 40.0 Å². The van der Waals surface area contributed by atoms with Crippen LogP contribution in [0.15, 0.2) is 15.2 Å². The van der Waals surface area contributed by atoms with Gasteiger partial charge in [-0.05, 0) is 6.92 Å². The van der Waals surface area contributed by atoms with Gasteiger partial charge in [-0.2, -0.15) is 9.50 Å². The number of nitrogens with two attached hydrogens (primary N) is 1. The number of hydrogen-bond donors (Lipinski definition) is 2. The Morgan fingerprint density at radius 3 is 3.00 bits per heavy atom. The summed E-state index contributed by atoms with van der Waals surface area (Å²) in [4.78, 5) is 31.9. The Bertz CT molecular complexity index is 916. The number of nitrogen functional groups attached to an aromatic ring is 1. The molecular weight excluding hydrogens is 342 g/mol. The molecule has 0 saturated heterocycles. The SMILES string of the molecule is CCOC(=O)c1nc2nc(CSc3nnc(N)s3)cc(=O)n2[nH]1. The minimum absolute atomic E-state index is 0.0712. The number of ether oxygens (including phenoxy) is 1. The molecule has 0 aromatic carbocycles. The number of thioether (sulfide) groups is 1. The maximum absolute atomic E-state index is 12.1. The first kappa shape index (κ1) is 15.4. The lowest BCUT2D eigenvalue weighted by atomic mass is 10.4. The lowest BCUT2D eigenvalue weighted by molar-refractivity contribution is 0.0512. The Morgan fingerprint density at radius 2 is 2.30 bits per heavy atom. The van der Waals surface area contributed by atoms with Gasteiger partial charge in [0.05, 0.1) is 12.3 Å². The van der Waals surface area contributed by atoms with Gasteiger partial charge in [-0.15, -0.1) is 10.2 Å². The van der Waals surface area contributed by atoms with Crippen LogP contribution in [0.1, 0.15) is 23.2 Å². The van der Waals surface area contributed by atoms with Crippen LogP contribution in [0.5, 0.6) is 0 Å². The van der Waals surface area contributed by atoms with E-state index in [2.05, 4.69) is 25.3 Å². The Morgan fingerprint density at radius 1 is 1.48 bits per heavy atom. The summed E-state index contributed by atoms with van der Waals surface area (Å²) in [7, 11) is 0. The van der Waals surface area contributed by atoms with E-state index in [9.17, 15) is 9.59 Å². The van der Waals surface area contributed by atoms with Gasteiger partial charge < -0.3 is 10.5 Å². The Hall–Kier alpha value is -2.47. The minimum Gasteiger partial charge on any atom is -0.460 e. The predicted octanol–water partition coefficient (Wildman–Crippen LogP) is 0.320. The van der Waals surface area contributed by atoms with Crippen LogP contribution < -0.4 is 11.3 Å². The van der Waals surface area contributed by atoms with Crippen molar-refractivity contribution in [2.75, 3.05) is 12.3 Å². The van der Waals surface area contributed by atoms with Crippen LogP contribution in [-0.4, -0.2) is 42.4 Å². The molecule has 0 unspecified atom stereocenters. The predicted molar refractivity (Wildman–Crippen MR) is 83.4 cm³/mol. The van der Waals surface area contributed by atoms with Crippen molar-refractivity contribution in [1.82, 2.24) is 29.8 Å². The topological polar surface area (TPSA) is 141 Å². The number of aromatic amines is 1. The lowest BCUT2D eigenvalue weighted by Crippen LogP contribution is -2.16. The monoisotopic (exact) mass is 353 g/mol. The fourth-order valence-electron chi connectivity index (χ4n) is 1.71. The molecule has 0 atom stereocenters. The molecule has 0 bridgehead atoms. The number of hydrogen-bond acceptors (Lipinski definition) is 10. The van der Waals surface area contributed by atoms with E-state index >= 15 is 0 Å². The van der Waals surface area contributed by atoms with Crippen LogP contribution in [0.2, 0.25) is 0 Å². The summed E-state index contributed by atoms with van der Waals surface area (Å²) in [5.41, 5.74) is 5.65. The fraction of sp³-hybridized carbons (Fsp3) is 0.273. The third-order valence-corrected chi connectivity index (χ3v) is 4.54. The van der Waals surface area contributed by atoms with E-state index in [1.54, 1.807) is 6.92 Å². The molecule has 3 N–H and O–H groups in total. The largest absolute Gasteiger partial charge is 0.460 e. The van der Waals surface area contributed by atoms with Gasteiger partial charge in [-0.3, -0.25) is 9.89 Å². The quantitative estimate of drug-likeness (QED) is 0.490. The van der Waals surface area contributed by atoms with Crippen molar-refractivity contribution in [2.45, 2.75) is 17.0 Å². The number of carbonyl (C=O) groups is 1. The first-order chi connectivity index (χ1) is 11.1. The number of fused-ring (bicyclic) bond motifs is 1. The number of carbonyl (C=O) groups excluding carboxylic acids is 1. The number of rotatable bonds is 5. The molecule has 0 aliphatic rings. The van der Waals surface area contributed by atoms with Crippen LogP contribution in [0.25, 0.3) is 5.78 Å². The van der Waals surface area contributed by atoms with Crippen molar-refractivity contribution in [3.8, 4) is 0 Å². The number of nitrogens with zero attached hydrogens (tertiary/aromatic N) is 5. The van der Waals surface area contributed by atoms with Crippen LogP contribution in [0, 0.1) is 0 Å². The molecular formula is C11H11N7O3S2. The van der Waals surface area contributed by atoms with Gasteiger partial charge in [-0.1, -0.05) is 23.1 Å². The Balaban J connectivity index is 1.85. The van der Waals surface area contributed by atoms with Crippen molar-refractivity contribution in [2.24, 2.45) is 0 Å². The average Bonchev–Trinajstić information content (AvgIpc) is 3.12. The Labute approximate surface area is 137 Å². The molecule has 23 heavy (non-hydrogen) atoms. The molecule has 10 nitrogen and oxygen atoms in total. The first-order valence-corrected chi connectivity index (χ1v) is 8.24. The van der Waals surface area contributed by atoms with Gasteiger partial charge >= 0.3 is 5.97 Å². The van der Waals surface area contributed by atoms with E-state index in [0.717, 1.165) is 4.52 Å². The highest BCUT2D eigenvalue weighted by atomic mass is 32.2. The van der Waals surface area contributed by atoms with Gasteiger partial charge in [0.2, 0.25) is 11.0 Å². The van der Waals surface area contributed by atoms with Crippen molar-refractivity contribution in [3.63, 3.8) is 0 Å². The summed E-state index contributed by atoms with van der Waals surface area (Å²) < 4.78 is 6.60. The number of aromatic nitrogens is 6. The number of H-pyrrole nitrogens is 1. The number of esters is 1. The molecule has 3 heterocycles. The second-order valence-electron chi connectivity index (χ2n) is 4.21. The average molecular weight is 353 g/mol. The summed E-state index contributed by atoms with van der Waals surface area (Å²) in [6.45, 7) is 1.89. The van der Waals surface area contributed by atoms with Crippen LogP contribution in [0.4, 0.5) is 5.13 Å². The fourth-order valence-corrected chi connectivity index (χ4v) is 3.24. The standard InChI is InChI=1S/C11H11N7O3S2/c1-2-21-8(20)7-14-10-13-5(3-6(19)18(10)17-7)4-22-11-16-15-9(12)23-11/h3H,2,4H2,1H3,(H2,12,15)(H,13,14,17). The van der Waals surface area contributed by atoms with Gasteiger partial charge in [0.1, 0.15) is 0 Å². The first-order valence-electron chi connectivity index (χ1n) is 6.44. The highest BCUT2D eigenvalue weighted by molar-refractivity contribution is 8.00. The van der Waals surface area contributed by atoms with E-state index in [4.69, 9.17) is 10.5 Å². The number of nitrogens with one attached hydrogen (secondary N) is 1. The van der Waals surface area contributed by atoms with E-state index < -0.39 is 5.97 Å². The molecule has 0 fully saturated rings. The normalized spacial score (nSPS) is 11.0. The number of anilines is 1. The molecule has 120 valence electrons. The van der Waals surface area contributed by atoms with Crippen LogP contribution >= 0.6 is 23.1 Å². The van der Waals surface area contributed by atoms with E-state index in [1.165, 1.54) is 29.2 Å². The van der Waals surface area contributed by atoms with Crippen molar-refractivity contribution < 1.29 is 9.53 Å². The minimum atomic E-state index is -0.641. The molecule has 3 rings (SSSR count). The molecule has 0 spiro atoms. The zero-order chi connectivity index (χ0) is 16.4. The maximum Gasteiger partial charge on any atom is 0.375 e. The highest BCUT2D eigenvalue weighted by Crippen LogP contribution is 2.25. The molecule has 3 aromatic heterocycles. The summed E-state index contributed by atoms with van der Waals surface area (Å²) in [5, 5.41) is 10.5. The van der Waals surface area contributed by atoms with Crippen LogP contribution in [-0.2, 0) is 10.5 Å². The van der Waals surface area contributed by atoms with E-state index in [-0.39, 0.29) is 23.8 Å². The summed E-state index contributed by atoms with van der Waals surface area (Å²) in [6, 6.07) is 1.36. The smallest absolute Gasteiger partial charge is 0.375 e. The van der Waals surface area contributed by atoms with E-state index in [0.29, 0.717) is 20.9 Å². The molecule has 0 radical (unpaired) electrons. The van der Waals surface area contributed by atoms with Crippen molar-refractivity contribution in [1.29, 1.82) is 0 Å². The van der Waals surface area contributed by atoms with Gasteiger partial charge in [0.25, 0.3) is 11.3 Å². The van der Waals surface area contributed by atoms with Gasteiger partial charge in [0, 0.05) is 11.8 Å². The highest BCUT2D eigenvalue weighted by Gasteiger charge is 2.15. The zero-order valence-electron chi connectivity index (χ0n) is 11.8. The molecule has 0 saturated carbocycles. The van der Waals surface area contributed by atoms with Gasteiger partial charge in [0.15, 0.2) is 4.34 Å². The molecule has 0 amide bonds. The molecule has 3 aromatic rings. The molecule has 0 aliphatic carbocycles. The van der Waals surface area contributed by atoms with E-state index in [1.807, 2.05) is 0 Å². The third kappa shape index (κ3) is 3.32. The summed E-state index contributed by atoms with van der Waals surface area (Å²) in [5.74, 6) is -0.203. The second kappa shape index (κ2) is 6.34. The van der Waals surface area contributed by atoms with Crippen LogP contribution in [0.3, 0.4) is 0 Å². The second-order valence-corrected chi connectivity index (χ2v) is 6.44. The zero-order valence-corrected chi connectivity index (χ0v) is 13.5. The Kier molecular flexibility index (Phi) is 4.25. The maximum atomic E-state index is 12.1. The van der Waals surface area contributed by atoms with Crippen molar-refractivity contribution in [3.05, 3.63) is 27.9 Å².